The predicted molar refractivity (Wildman–Crippen MR) is 156 cm³/mol. The van der Waals surface area contributed by atoms with Crippen molar-refractivity contribution in [3.63, 3.8) is 0 Å². The lowest BCUT2D eigenvalue weighted by atomic mass is 9.71. The van der Waals surface area contributed by atoms with Crippen LogP contribution in [0.3, 0.4) is 0 Å². The van der Waals surface area contributed by atoms with Gasteiger partial charge in [0.2, 0.25) is 0 Å². The van der Waals surface area contributed by atoms with Gasteiger partial charge in [0.25, 0.3) is 0 Å². The van der Waals surface area contributed by atoms with Gasteiger partial charge in [-0.2, -0.15) is 0 Å². The highest BCUT2D eigenvalue weighted by Crippen LogP contribution is 2.47. The SMILES string of the molecule is CCOc1ccc([C@@H]2C(C(=O)OCCOc3ccccc3)=C(C)NC3=C2C(=O)C[C@H](c2ccccc2)C3)cc1OC. The molecule has 0 unspecified atom stereocenters. The average molecular weight is 554 g/mol. The van der Waals surface area contributed by atoms with Crippen LogP contribution < -0.4 is 19.5 Å². The molecule has 0 saturated carbocycles. The number of rotatable bonds is 10. The summed E-state index contributed by atoms with van der Waals surface area (Å²) in [6, 6.07) is 25.0. The quantitative estimate of drug-likeness (QED) is 0.241. The fourth-order valence-corrected chi connectivity index (χ4v) is 5.63. The minimum atomic E-state index is -0.609. The Hall–Kier alpha value is -4.52. The maximum absolute atomic E-state index is 13.9. The number of ketones is 1. The minimum Gasteiger partial charge on any atom is -0.493 e. The summed E-state index contributed by atoms with van der Waals surface area (Å²) in [7, 11) is 1.58. The highest BCUT2D eigenvalue weighted by molar-refractivity contribution is 6.04. The highest BCUT2D eigenvalue weighted by atomic mass is 16.6. The van der Waals surface area contributed by atoms with E-state index in [1.807, 2.05) is 80.6 Å². The van der Waals surface area contributed by atoms with Crippen LogP contribution >= 0.6 is 0 Å². The second-order valence-electron chi connectivity index (χ2n) is 10.1. The summed E-state index contributed by atoms with van der Waals surface area (Å²) in [5.41, 5.74) is 4.39. The average Bonchev–Trinajstić information content (AvgIpc) is 2.99. The van der Waals surface area contributed by atoms with Crippen molar-refractivity contribution in [1.82, 2.24) is 5.32 Å². The van der Waals surface area contributed by atoms with E-state index in [0.29, 0.717) is 53.5 Å². The second kappa shape index (κ2) is 12.8. The summed E-state index contributed by atoms with van der Waals surface area (Å²) in [6.07, 6.45) is 1.03. The Balaban J connectivity index is 1.46. The molecule has 5 rings (SSSR count). The second-order valence-corrected chi connectivity index (χ2v) is 10.1. The fourth-order valence-electron chi connectivity index (χ4n) is 5.63. The van der Waals surface area contributed by atoms with Crippen molar-refractivity contribution in [2.75, 3.05) is 26.9 Å². The molecule has 7 nitrogen and oxygen atoms in total. The van der Waals surface area contributed by atoms with Gasteiger partial charge in [-0.25, -0.2) is 4.79 Å². The van der Waals surface area contributed by atoms with E-state index in [1.165, 1.54) is 0 Å². The number of benzene rings is 3. The van der Waals surface area contributed by atoms with Crippen molar-refractivity contribution < 1.29 is 28.5 Å². The Labute approximate surface area is 240 Å². The zero-order chi connectivity index (χ0) is 28.8. The number of nitrogens with one attached hydrogen (secondary N) is 1. The van der Waals surface area contributed by atoms with Gasteiger partial charge in [-0.3, -0.25) is 4.79 Å². The van der Waals surface area contributed by atoms with Gasteiger partial charge < -0.3 is 24.3 Å². The van der Waals surface area contributed by atoms with Crippen molar-refractivity contribution in [2.24, 2.45) is 0 Å². The lowest BCUT2D eigenvalue weighted by Crippen LogP contribution is -2.36. The number of carbonyl (C=O) groups is 2. The number of carbonyl (C=O) groups excluding carboxylic acids is 2. The maximum atomic E-state index is 13.9. The molecule has 0 fully saturated rings. The Morgan fingerprint density at radius 1 is 0.878 bits per heavy atom. The third-order valence-corrected chi connectivity index (χ3v) is 7.47. The molecule has 0 bridgehead atoms. The minimum absolute atomic E-state index is 0.00988. The monoisotopic (exact) mass is 553 g/mol. The topological polar surface area (TPSA) is 83.1 Å². The van der Waals surface area contributed by atoms with Crippen molar-refractivity contribution >= 4 is 11.8 Å². The van der Waals surface area contributed by atoms with Crippen LogP contribution in [-0.2, 0) is 14.3 Å². The molecule has 212 valence electrons. The number of hydrogen-bond acceptors (Lipinski definition) is 7. The molecule has 2 atom stereocenters. The van der Waals surface area contributed by atoms with Crippen molar-refractivity contribution in [3.05, 3.63) is 113 Å². The van der Waals surface area contributed by atoms with Gasteiger partial charge in [-0.15, -0.1) is 0 Å². The Morgan fingerprint density at radius 2 is 1.61 bits per heavy atom. The van der Waals surface area contributed by atoms with E-state index in [4.69, 9.17) is 18.9 Å². The van der Waals surface area contributed by atoms with Gasteiger partial charge in [-0.05, 0) is 61.6 Å². The Bertz CT molecular complexity index is 1460. The third-order valence-electron chi connectivity index (χ3n) is 7.47. The van der Waals surface area contributed by atoms with E-state index < -0.39 is 11.9 Å². The van der Waals surface area contributed by atoms with Gasteiger partial charge in [0.05, 0.1) is 19.3 Å². The van der Waals surface area contributed by atoms with Crippen LogP contribution in [-0.4, -0.2) is 38.7 Å². The lowest BCUT2D eigenvalue weighted by molar-refractivity contribution is -0.140. The third kappa shape index (κ3) is 6.14. The molecule has 0 spiro atoms. The first-order valence-electron chi connectivity index (χ1n) is 13.9. The molecule has 0 aromatic heterocycles. The number of esters is 1. The summed E-state index contributed by atoms with van der Waals surface area (Å²) in [4.78, 5) is 27.5. The molecule has 41 heavy (non-hydrogen) atoms. The molecule has 1 aliphatic heterocycles. The first kappa shape index (κ1) is 28.0. The zero-order valence-corrected chi connectivity index (χ0v) is 23.6. The summed E-state index contributed by atoms with van der Waals surface area (Å²) in [6.45, 7) is 4.53. The summed E-state index contributed by atoms with van der Waals surface area (Å²) in [5.74, 6) is 0.809. The number of Topliss-reactive ketones (excluding diaryl/α,β-unsaturated/α-hetero) is 1. The van der Waals surface area contributed by atoms with Crippen LogP contribution in [0.5, 0.6) is 17.2 Å². The molecule has 1 N–H and O–H groups in total. The van der Waals surface area contributed by atoms with Crippen LogP contribution in [0.1, 0.15) is 49.7 Å². The number of methoxy groups -OCH3 is 1. The standard InChI is InChI=1S/C34H35NO6/c1-4-39-29-16-15-24(21-30(29)38-3)32-31(34(37)41-18-17-40-26-13-9-6-10-14-26)22(2)35-27-19-25(20-28(36)33(27)32)23-11-7-5-8-12-23/h5-16,21,25,32,35H,4,17-20H2,1-3H3/t25-,32-/m1/s1. The molecule has 7 heteroatoms. The Morgan fingerprint density at radius 3 is 2.32 bits per heavy atom. The van der Waals surface area contributed by atoms with Crippen molar-refractivity contribution in [2.45, 2.75) is 38.5 Å². The molecular formula is C34H35NO6. The normalized spacial score (nSPS) is 18.4. The lowest BCUT2D eigenvalue weighted by Gasteiger charge is -2.36. The van der Waals surface area contributed by atoms with Gasteiger partial charge in [0.1, 0.15) is 19.0 Å². The molecule has 1 aliphatic carbocycles. The molecule has 3 aromatic rings. The van der Waals surface area contributed by atoms with Crippen LogP contribution in [0.4, 0.5) is 0 Å². The van der Waals surface area contributed by atoms with Crippen molar-refractivity contribution in [3.8, 4) is 17.2 Å². The van der Waals surface area contributed by atoms with Crippen LogP contribution in [0.25, 0.3) is 0 Å². The van der Waals surface area contributed by atoms with Crippen LogP contribution in [0.15, 0.2) is 101 Å². The maximum Gasteiger partial charge on any atom is 0.336 e. The first-order chi connectivity index (χ1) is 20.0. The molecule has 2 aliphatic rings. The Kier molecular flexibility index (Phi) is 8.73. The van der Waals surface area contributed by atoms with Gasteiger partial charge in [0.15, 0.2) is 17.3 Å². The molecule has 0 amide bonds. The first-order valence-corrected chi connectivity index (χ1v) is 13.9. The van der Waals surface area contributed by atoms with E-state index in [-0.39, 0.29) is 24.9 Å². The number of dihydropyridines is 1. The highest BCUT2D eigenvalue weighted by Gasteiger charge is 2.41. The van der Waals surface area contributed by atoms with Crippen LogP contribution in [0.2, 0.25) is 0 Å². The molecule has 3 aromatic carbocycles. The molecule has 1 heterocycles. The van der Waals surface area contributed by atoms with Crippen LogP contribution in [0, 0.1) is 0 Å². The largest absolute Gasteiger partial charge is 0.493 e. The molecular weight excluding hydrogens is 518 g/mol. The fraction of sp³-hybridized carbons (Fsp3) is 0.294. The van der Waals surface area contributed by atoms with E-state index in [2.05, 4.69) is 17.4 Å². The number of ether oxygens (including phenoxy) is 4. The molecule has 0 saturated heterocycles. The van der Waals surface area contributed by atoms with Crippen molar-refractivity contribution in [1.29, 1.82) is 0 Å². The summed E-state index contributed by atoms with van der Waals surface area (Å²) in [5, 5.41) is 3.41. The smallest absolute Gasteiger partial charge is 0.336 e. The molecule has 0 radical (unpaired) electrons. The summed E-state index contributed by atoms with van der Waals surface area (Å²) < 4.78 is 22.7. The van der Waals surface area contributed by atoms with Gasteiger partial charge in [0, 0.05) is 29.3 Å². The number of hydrogen-bond donors (Lipinski definition) is 1. The van der Waals surface area contributed by atoms with E-state index in [1.54, 1.807) is 7.11 Å². The van der Waals surface area contributed by atoms with E-state index >= 15 is 0 Å². The van der Waals surface area contributed by atoms with E-state index in [0.717, 1.165) is 16.8 Å². The number of allylic oxidation sites excluding steroid dienone is 3. The van der Waals surface area contributed by atoms with E-state index in [9.17, 15) is 9.59 Å². The van der Waals surface area contributed by atoms with Gasteiger partial charge >= 0.3 is 5.97 Å². The zero-order valence-electron chi connectivity index (χ0n) is 23.6. The predicted octanol–water partition coefficient (Wildman–Crippen LogP) is 6.08. The summed E-state index contributed by atoms with van der Waals surface area (Å²) >= 11 is 0. The number of para-hydroxylation sites is 1. The van der Waals surface area contributed by atoms with Gasteiger partial charge in [-0.1, -0.05) is 54.6 Å².